The number of halogens is 1. The maximum Gasteiger partial charge on any atom is 0.218 e. The Morgan fingerprint density at radius 1 is 1.23 bits per heavy atom. The Balaban J connectivity index is 1.95. The van der Waals surface area contributed by atoms with Crippen LogP contribution in [0.5, 0.6) is 5.88 Å². The van der Waals surface area contributed by atoms with Crippen molar-refractivity contribution in [1.29, 1.82) is 0 Å². The van der Waals surface area contributed by atoms with Gasteiger partial charge in [0, 0.05) is 50.5 Å². The molecule has 6 nitrogen and oxygen atoms in total. The van der Waals surface area contributed by atoms with E-state index < -0.39 is 0 Å². The maximum absolute atomic E-state index is 5.68. The van der Waals surface area contributed by atoms with Crippen molar-refractivity contribution in [2.24, 2.45) is 4.99 Å². The van der Waals surface area contributed by atoms with Gasteiger partial charge in [0.2, 0.25) is 5.88 Å². The number of guanidine groups is 1. The van der Waals surface area contributed by atoms with Crippen LogP contribution in [0.2, 0.25) is 0 Å². The molecule has 1 heterocycles. The summed E-state index contributed by atoms with van der Waals surface area (Å²) in [5.74, 6) is 1.42. The van der Waals surface area contributed by atoms with Gasteiger partial charge >= 0.3 is 0 Å². The smallest absolute Gasteiger partial charge is 0.218 e. The van der Waals surface area contributed by atoms with E-state index >= 15 is 0 Å². The molecular formula is C19H25BrN4O2. The van der Waals surface area contributed by atoms with Crippen molar-refractivity contribution in [2.45, 2.75) is 13.1 Å². The second kappa shape index (κ2) is 10.8. The zero-order valence-corrected chi connectivity index (χ0v) is 17.0. The van der Waals surface area contributed by atoms with Gasteiger partial charge in [-0.2, -0.15) is 0 Å². The lowest BCUT2D eigenvalue weighted by molar-refractivity contribution is 0.143. The van der Waals surface area contributed by atoms with Gasteiger partial charge in [0.05, 0.1) is 6.61 Å². The first-order valence-electron chi connectivity index (χ1n) is 8.36. The molecule has 0 aliphatic carbocycles. The van der Waals surface area contributed by atoms with E-state index in [1.807, 2.05) is 31.3 Å². The SMILES string of the molecule is CN=C(NCc1cccnc1OCCOC)N(C)Cc1ccc(Br)cc1. The van der Waals surface area contributed by atoms with E-state index in [4.69, 9.17) is 9.47 Å². The third-order valence-corrected chi connectivity index (χ3v) is 4.25. The fourth-order valence-electron chi connectivity index (χ4n) is 2.41. The second-order valence-corrected chi connectivity index (χ2v) is 6.61. The first-order chi connectivity index (χ1) is 12.6. The van der Waals surface area contributed by atoms with Crippen molar-refractivity contribution < 1.29 is 9.47 Å². The number of aromatic nitrogens is 1. The highest BCUT2D eigenvalue weighted by Crippen LogP contribution is 2.15. The maximum atomic E-state index is 5.68. The van der Waals surface area contributed by atoms with Crippen molar-refractivity contribution in [3.05, 3.63) is 58.2 Å². The highest BCUT2D eigenvalue weighted by Gasteiger charge is 2.09. The fourth-order valence-corrected chi connectivity index (χ4v) is 2.67. The van der Waals surface area contributed by atoms with Crippen LogP contribution >= 0.6 is 15.9 Å². The molecule has 0 fully saturated rings. The Hall–Kier alpha value is -2.12. The minimum atomic E-state index is 0.471. The molecule has 0 aliphatic rings. The van der Waals surface area contributed by atoms with E-state index in [1.54, 1.807) is 20.4 Å². The van der Waals surface area contributed by atoms with E-state index in [0.29, 0.717) is 25.6 Å². The second-order valence-electron chi connectivity index (χ2n) is 5.69. The molecule has 140 valence electrons. The number of rotatable bonds is 8. The van der Waals surface area contributed by atoms with E-state index in [1.165, 1.54) is 5.56 Å². The minimum Gasteiger partial charge on any atom is -0.475 e. The molecule has 0 aliphatic heterocycles. The number of methoxy groups -OCH3 is 1. The molecule has 0 unspecified atom stereocenters. The number of hydrogen-bond donors (Lipinski definition) is 1. The van der Waals surface area contributed by atoms with Crippen LogP contribution in [-0.2, 0) is 17.8 Å². The predicted octanol–water partition coefficient (Wildman–Crippen LogP) is 3.08. The van der Waals surface area contributed by atoms with Crippen LogP contribution in [0, 0.1) is 0 Å². The topological polar surface area (TPSA) is 59.0 Å². The molecule has 0 amide bonds. The average molecular weight is 421 g/mol. The normalized spacial score (nSPS) is 11.3. The van der Waals surface area contributed by atoms with Crippen molar-refractivity contribution in [3.8, 4) is 5.88 Å². The summed E-state index contributed by atoms with van der Waals surface area (Å²) in [4.78, 5) is 10.7. The number of ether oxygens (including phenoxy) is 2. The quantitative estimate of drug-likeness (QED) is 0.403. The van der Waals surface area contributed by atoms with Crippen LogP contribution in [0.3, 0.4) is 0 Å². The van der Waals surface area contributed by atoms with Crippen LogP contribution in [0.15, 0.2) is 52.1 Å². The zero-order chi connectivity index (χ0) is 18.8. The molecule has 7 heteroatoms. The predicted molar refractivity (Wildman–Crippen MR) is 107 cm³/mol. The minimum absolute atomic E-state index is 0.471. The molecule has 0 atom stereocenters. The summed E-state index contributed by atoms with van der Waals surface area (Å²) in [5.41, 5.74) is 2.19. The van der Waals surface area contributed by atoms with Crippen LogP contribution in [0.25, 0.3) is 0 Å². The molecule has 0 saturated heterocycles. The van der Waals surface area contributed by atoms with Gasteiger partial charge in [0.25, 0.3) is 0 Å². The monoisotopic (exact) mass is 420 g/mol. The molecule has 0 radical (unpaired) electrons. The fraction of sp³-hybridized carbons (Fsp3) is 0.368. The summed E-state index contributed by atoms with van der Waals surface area (Å²) in [5, 5.41) is 3.36. The van der Waals surface area contributed by atoms with Gasteiger partial charge in [-0.1, -0.05) is 34.1 Å². The van der Waals surface area contributed by atoms with Crippen LogP contribution in [-0.4, -0.2) is 50.3 Å². The standard InChI is InChI=1S/C19H25BrN4O2/c1-21-19(24(2)14-15-6-8-17(20)9-7-15)23-13-16-5-4-10-22-18(16)26-12-11-25-3/h4-10H,11-14H2,1-3H3,(H,21,23). The van der Waals surface area contributed by atoms with E-state index in [0.717, 1.165) is 22.5 Å². The van der Waals surface area contributed by atoms with Crippen LogP contribution < -0.4 is 10.1 Å². The molecule has 0 bridgehead atoms. The summed E-state index contributed by atoms with van der Waals surface area (Å²) >= 11 is 3.46. The third kappa shape index (κ3) is 6.31. The molecule has 2 aromatic rings. The Labute approximate surface area is 163 Å². The lowest BCUT2D eigenvalue weighted by Gasteiger charge is -2.22. The van der Waals surface area contributed by atoms with Crippen molar-refractivity contribution in [2.75, 3.05) is 34.4 Å². The molecule has 0 spiro atoms. The number of benzene rings is 1. The molecule has 0 saturated carbocycles. The summed E-state index contributed by atoms with van der Waals surface area (Å²) < 4.78 is 11.8. The lowest BCUT2D eigenvalue weighted by Crippen LogP contribution is -2.38. The Bertz CT molecular complexity index is 707. The number of nitrogens with one attached hydrogen (secondary N) is 1. The van der Waals surface area contributed by atoms with Gasteiger partial charge in [0.1, 0.15) is 6.61 Å². The van der Waals surface area contributed by atoms with Gasteiger partial charge < -0.3 is 19.7 Å². The Kier molecular flexibility index (Phi) is 8.37. The van der Waals surface area contributed by atoms with Gasteiger partial charge in [-0.25, -0.2) is 4.98 Å². The van der Waals surface area contributed by atoms with Crippen molar-refractivity contribution >= 4 is 21.9 Å². The van der Waals surface area contributed by atoms with Crippen LogP contribution in [0.1, 0.15) is 11.1 Å². The summed E-state index contributed by atoms with van der Waals surface area (Å²) in [6.07, 6.45) is 1.72. The van der Waals surface area contributed by atoms with E-state index in [9.17, 15) is 0 Å². The third-order valence-electron chi connectivity index (χ3n) is 3.72. The van der Waals surface area contributed by atoms with Crippen molar-refractivity contribution in [1.82, 2.24) is 15.2 Å². The molecule has 1 N–H and O–H groups in total. The molecule has 26 heavy (non-hydrogen) atoms. The molecular weight excluding hydrogens is 396 g/mol. The number of nitrogens with zero attached hydrogens (tertiary/aromatic N) is 3. The first-order valence-corrected chi connectivity index (χ1v) is 9.15. The van der Waals surface area contributed by atoms with Gasteiger partial charge in [-0.3, -0.25) is 4.99 Å². The van der Waals surface area contributed by atoms with Gasteiger partial charge in [0.15, 0.2) is 5.96 Å². The summed E-state index contributed by atoms with van der Waals surface area (Å²) in [6.45, 7) is 2.34. The lowest BCUT2D eigenvalue weighted by atomic mass is 10.2. The van der Waals surface area contributed by atoms with Crippen molar-refractivity contribution in [3.63, 3.8) is 0 Å². The molecule has 1 aromatic carbocycles. The van der Waals surface area contributed by atoms with E-state index in [-0.39, 0.29) is 0 Å². The largest absolute Gasteiger partial charge is 0.475 e. The highest BCUT2D eigenvalue weighted by molar-refractivity contribution is 9.10. The Morgan fingerprint density at radius 2 is 2.00 bits per heavy atom. The highest BCUT2D eigenvalue weighted by atomic mass is 79.9. The number of hydrogen-bond acceptors (Lipinski definition) is 4. The number of pyridine rings is 1. The van der Waals surface area contributed by atoms with Gasteiger partial charge in [-0.15, -0.1) is 0 Å². The van der Waals surface area contributed by atoms with Gasteiger partial charge in [-0.05, 0) is 23.8 Å². The summed E-state index contributed by atoms with van der Waals surface area (Å²) in [7, 11) is 5.44. The Morgan fingerprint density at radius 3 is 2.69 bits per heavy atom. The molecule has 2 rings (SSSR count). The average Bonchev–Trinajstić information content (AvgIpc) is 2.65. The summed E-state index contributed by atoms with van der Waals surface area (Å²) in [6, 6.07) is 12.2. The first kappa shape index (κ1) is 20.2. The van der Waals surface area contributed by atoms with Crippen LogP contribution in [0.4, 0.5) is 0 Å². The molecule has 1 aromatic heterocycles. The number of aliphatic imine (C=N–C) groups is 1. The zero-order valence-electron chi connectivity index (χ0n) is 15.4. The van der Waals surface area contributed by atoms with E-state index in [2.05, 4.69) is 48.3 Å².